The van der Waals surface area contributed by atoms with Crippen LogP contribution in [0.25, 0.3) is 0 Å². The van der Waals surface area contributed by atoms with Gasteiger partial charge in [-0.1, -0.05) is 43.8 Å². The summed E-state index contributed by atoms with van der Waals surface area (Å²) in [4.78, 5) is 0. The molecule has 1 rings (SSSR count). The van der Waals surface area contributed by atoms with Crippen LogP contribution in [-0.2, 0) is 11.3 Å². The molecule has 1 aromatic carbocycles. The highest BCUT2D eigenvalue weighted by molar-refractivity contribution is 5.13. The van der Waals surface area contributed by atoms with E-state index in [1.165, 1.54) is 5.56 Å². The van der Waals surface area contributed by atoms with E-state index >= 15 is 0 Å². The summed E-state index contributed by atoms with van der Waals surface area (Å²) >= 11 is 0. The topological polar surface area (TPSA) is 9.23 Å². The summed E-state index contributed by atoms with van der Waals surface area (Å²) in [6.45, 7) is 4.86. The molecule has 0 fully saturated rings. The SMILES string of the molecule is C.C=CCOCc1ccccc1. The summed E-state index contributed by atoms with van der Waals surface area (Å²) in [7, 11) is 0. The zero-order valence-electron chi connectivity index (χ0n) is 6.49. The van der Waals surface area contributed by atoms with E-state index in [4.69, 9.17) is 4.74 Å². The number of rotatable bonds is 4. The first-order chi connectivity index (χ1) is 5.43. The Morgan fingerprint density at radius 3 is 2.50 bits per heavy atom. The smallest absolute Gasteiger partial charge is 0.0721 e. The van der Waals surface area contributed by atoms with Gasteiger partial charge in [-0.2, -0.15) is 0 Å². The third-order valence-electron chi connectivity index (χ3n) is 1.35. The Morgan fingerprint density at radius 2 is 1.92 bits per heavy atom. The lowest BCUT2D eigenvalue weighted by atomic mass is 10.2. The average molecular weight is 164 g/mol. The van der Waals surface area contributed by atoms with Gasteiger partial charge in [0, 0.05) is 0 Å². The summed E-state index contributed by atoms with van der Waals surface area (Å²) in [5, 5.41) is 0. The van der Waals surface area contributed by atoms with Crippen molar-refractivity contribution < 1.29 is 4.74 Å². The molecule has 0 amide bonds. The van der Waals surface area contributed by atoms with E-state index in [0.717, 1.165) is 0 Å². The first-order valence-electron chi connectivity index (χ1n) is 3.66. The number of hydrogen-bond acceptors (Lipinski definition) is 1. The van der Waals surface area contributed by atoms with Crippen molar-refractivity contribution in [1.29, 1.82) is 0 Å². The van der Waals surface area contributed by atoms with Crippen molar-refractivity contribution in [2.45, 2.75) is 14.0 Å². The van der Waals surface area contributed by atoms with Gasteiger partial charge in [0.25, 0.3) is 0 Å². The van der Waals surface area contributed by atoms with Crippen molar-refractivity contribution in [2.75, 3.05) is 6.61 Å². The van der Waals surface area contributed by atoms with Crippen LogP contribution in [0.15, 0.2) is 43.0 Å². The van der Waals surface area contributed by atoms with Crippen molar-refractivity contribution >= 4 is 0 Å². The van der Waals surface area contributed by atoms with Crippen LogP contribution < -0.4 is 0 Å². The van der Waals surface area contributed by atoms with Gasteiger partial charge >= 0.3 is 0 Å². The second-order valence-corrected chi connectivity index (χ2v) is 2.29. The molecule has 1 nitrogen and oxygen atoms in total. The minimum atomic E-state index is 0. The van der Waals surface area contributed by atoms with Gasteiger partial charge in [-0.05, 0) is 5.56 Å². The predicted octanol–water partition coefficient (Wildman–Crippen LogP) is 3.03. The van der Waals surface area contributed by atoms with Gasteiger partial charge in [0.15, 0.2) is 0 Å². The van der Waals surface area contributed by atoms with Crippen LogP contribution in [0.3, 0.4) is 0 Å². The third kappa shape index (κ3) is 3.94. The molecule has 0 atom stereocenters. The highest BCUT2D eigenvalue weighted by atomic mass is 16.5. The molecule has 66 valence electrons. The number of ether oxygens (including phenoxy) is 1. The van der Waals surface area contributed by atoms with Gasteiger partial charge in [0.2, 0.25) is 0 Å². The normalized spacial score (nSPS) is 8.67. The molecule has 0 saturated carbocycles. The van der Waals surface area contributed by atoms with E-state index in [1.807, 2.05) is 30.3 Å². The van der Waals surface area contributed by atoms with Crippen LogP contribution in [0.4, 0.5) is 0 Å². The molecule has 0 bridgehead atoms. The highest BCUT2D eigenvalue weighted by Gasteiger charge is 1.87. The zero-order valence-corrected chi connectivity index (χ0v) is 6.49. The van der Waals surface area contributed by atoms with Crippen molar-refractivity contribution in [3.05, 3.63) is 48.6 Å². The first-order valence-corrected chi connectivity index (χ1v) is 3.66. The fraction of sp³-hybridized carbons (Fsp3) is 0.273. The maximum Gasteiger partial charge on any atom is 0.0721 e. The lowest BCUT2D eigenvalue weighted by Crippen LogP contribution is -1.91. The van der Waals surface area contributed by atoms with Crippen molar-refractivity contribution in [3.8, 4) is 0 Å². The molecule has 0 aliphatic rings. The minimum Gasteiger partial charge on any atom is -0.373 e. The second-order valence-electron chi connectivity index (χ2n) is 2.29. The molecule has 12 heavy (non-hydrogen) atoms. The van der Waals surface area contributed by atoms with E-state index in [-0.39, 0.29) is 7.43 Å². The molecule has 1 heteroatoms. The molecule has 0 saturated heterocycles. The molecular weight excluding hydrogens is 148 g/mol. The molecule has 0 N–H and O–H groups in total. The van der Waals surface area contributed by atoms with Gasteiger partial charge in [-0.3, -0.25) is 0 Å². The Hall–Kier alpha value is -1.08. The molecule has 0 aromatic heterocycles. The largest absolute Gasteiger partial charge is 0.373 e. The molecule has 0 radical (unpaired) electrons. The van der Waals surface area contributed by atoms with Crippen molar-refractivity contribution in [2.24, 2.45) is 0 Å². The Bertz CT molecular complexity index is 204. The summed E-state index contributed by atoms with van der Waals surface area (Å²) in [6, 6.07) is 10.1. The van der Waals surface area contributed by atoms with E-state index in [1.54, 1.807) is 6.08 Å². The van der Waals surface area contributed by atoms with Gasteiger partial charge in [-0.15, -0.1) is 6.58 Å². The second kappa shape index (κ2) is 6.62. The quantitative estimate of drug-likeness (QED) is 0.491. The maximum atomic E-state index is 5.25. The molecule has 0 spiro atoms. The number of hydrogen-bond donors (Lipinski definition) is 0. The Labute approximate surface area is 74.7 Å². The molecular formula is C11H16O. The molecule has 0 unspecified atom stereocenters. The minimum absolute atomic E-state index is 0. The summed E-state index contributed by atoms with van der Waals surface area (Å²) < 4.78 is 5.25. The van der Waals surface area contributed by atoms with E-state index < -0.39 is 0 Å². The van der Waals surface area contributed by atoms with E-state index in [9.17, 15) is 0 Å². The Morgan fingerprint density at radius 1 is 1.25 bits per heavy atom. The van der Waals surface area contributed by atoms with Crippen LogP contribution in [-0.4, -0.2) is 6.61 Å². The molecule has 1 aromatic rings. The lowest BCUT2D eigenvalue weighted by Gasteiger charge is -1.99. The van der Waals surface area contributed by atoms with Crippen LogP contribution in [0.1, 0.15) is 13.0 Å². The molecule has 0 aliphatic carbocycles. The van der Waals surface area contributed by atoms with Crippen molar-refractivity contribution in [3.63, 3.8) is 0 Å². The van der Waals surface area contributed by atoms with Crippen LogP contribution >= 0.6 is 0 Å². The lowest BCUT2D eigenvalue weighted by molar-refractivity contribution is 0.149. The van der Waals surface area contributed by atoms with E-state index in [2.05, 4.69) is 6.58 Å². The highest BCUT2D eigenvalue weighted by Crippen LogP contribution is 1.99. The van der Waals surface area contributed by atoms with Gasteiger partial charge in [0.05, 0.1) is 13.2 Å². The van der Waals surface area contributed by atoms with Crippen molar-refractivity contribution in [1.82, 2.24) is 0 Å². The summed E-state index contributed by atoms with van der Waals surface area (Å²) in [6.07, 6.45) is 1.75. The standard InChI is InChI=1S/C10H12O.CH4/c1-2-8-11-9-10-6-4-3-5-7-10;/h2-7H,1,8-9H2;1H4. The average Bonchev–Trinajstić information content (AvgIpc) is 2.07. The van der Waals surface area contributed by atoms with Gasteiger partial charge in [-0.25, -0.2) is 0 Å². The zero-order chi connectivity index (χ0) is 7.94. The summed E-state index contributed by atoms with van der Waals surface area (Å²) in [5.41, 5.74) is 1.20. The first kappa shape index (κ1) is 10.9. The maximum absolute atomic E-state index is 5.25. The molecule has 0 aliphatic heterocycles. The third-order valence-corrected chi connectivity index (χ3v) is 1.35. The van der Waals surface area contributed by atoms with Gasteiger partial charge in [0.1, 0.15) is 0 Å². The van der Waals surface area contributed by atoms with Crippen LogP contribution in [0.2, 0.25) is 0 Å². The van der Waals surface area contributed by atoms with E-state index in [0.29, 0.717) is 13.2 Å². The number of benzene rings is 1. The Balaban J connectivity index is 0.00000121. The fourth-order valence-electron chi connectivity index (χ4n) is 0.834. The Kier molecular flexibility index (Phi) is 6.02. The fourth-order valence-corrected chi connectivity index (χ4v) is 0.834. The molecule has 0 heterocycles. The predicted molar refractivity (Wildman–Crippen MR) is 53.0 cm³/mol. The van der Waals surface area contributed by atoms with Crippen LogP contribution in [0.5, 0.6) is 0 Å². The summed E-state index contributed by atoms with van der Waals surface area (Å²) in [5.74, 6) is 0. The van der Waals surface area contributed by atoms with Crippen LogP contribution in [0, 0.1) is 0 Å². The monoisotopic (exact) mass is 164 g/mol. The van der Waals surface area contributed by atoms with Gasteiger partial charge < -0.3 is 4.74 Å².